The first-order valence-corrected chi connectivity index (χ1v) is 11.5. The molecule has 0 aliphatic carbocycles. The van der Waals surface area contributed by atoms with Crippen LogP contribution in [0.2, 0.25) is 0 Å². The molecule has 1 aromatic rings. The summed E-state index contributed by atoms with van der Waals surface area (Å²) in [5, 5.41) is 2.19. The Bertz CT molecular complexity index is 1040. The number of hydrogen-bond donors (Lipinski definition) is 1. The fourth-order valence-corrected chi connectivity index (χ4v) is 4.42. The highest BCUT2D eigenvalue weighted by atomic mass is 16.6. The van der Waals surface area contributed by atoms with Crippen molar-refractivity contribution >= 4 is 29.7 Å². The largest absolute Gasteiger partial charge is 0.492 e. The van der Waals surface area contributed by atoms with Gasteiger partial charge in [0.25, 0.3) is 11.8 Å². The first-order valence-electron chi connectivity index (χ1n) is 11.5. The molecule has 4 rings (SSSR count). The number of carbonyl (C=O) groups is 5. The van der Waals surface area contributed by atoms with Crippen LogP contribution in [0.5, 0.6) is 5.75 Å². The highest BCUT2D eigenvalue weighted by Crippen LogP contribution is 2.34. The molecule has 2 fully saturated rings. The highest BCUT2D eigenvalue weighted by molar-refractivity contribution is 6.24. The lowest BCUT2D eigenvalue weighted by molar-refractivity contribution is -0.136. The van der Waals surface area contributed by atoms with Crippen molar-refractivity contribution < 1.29 is 33.4 Å². The van der Waals surface area contributed by atoms with E-state index in [1.807, 2.05) is 20.8 Å². The Morgan fingerprint density at radius 1 is 1.06 bits per heavy atom. The molecule has 182 valence electrons. The van der Waals surface area contributed by atoms with Gasteiger partial charge >= 0.3 is 6.09 Å². The van der Waals surface area contributed by atoms with Crippen LogP contribution in [0.15, 0.2) is 18.2 Å². The first kappa shape index (κ1) is 23.7. The number of imide groups is 2. The van der Waals surface area contributed by atoms with E-state index in [4.69, 9.17) is 9.47 Å². The van der Waals surface area contributed by atoms with Crippen LogP contribution in [0.3, 0.4) is 0 Å². The first-order chi connectivity index (χ1) is 16.0. The van der Waals surface area contributed by atoms with Gasteiger partial charge in [0.2, 0.25) is 11.8 Å². The van der Waals surface area contributed by atoms with Gasteiger partial charge in [-0.1, -0.05) is 6.07 Å². The second-order valence-corrected chi connectivity index (χ2v) is 9.85. The molecule has 0 spiro atoms. The lowest BCUT2D eigenvalue weighted by Gasteiger charge is -2.33. The van der Waals surface area contributed by atoms with Crippen molar-refractivity contribution in [2.24, 2.45) is 5.92 Å². The van der Waals surface area contributed by atoms with Crippen LogP contribution in [0.25, 0.3) is 0 Å². The Balaban J connectivity index is 1.39. The molecule has 10 nitrogen and oxygen atoms in total. The number of likely N-dealkylation sites (tertiary alicyclic amines) is 1. The normalized spacial score (nSPS) is 21.4. The van der Waals surface area contributed by atoms with Crippen LogP contribution in [0.1, 0.15) is 67.2 Å². The maximum Gasteiger partial charge on any atom is 0.410 e. The molecule has 1 N–H and O–H groups in total. The molecule has 0 aromatic heterocycles. The number of piperidine rings is 2. The molecule has 2 saturated heterocycles. The molecule has 0 saturated carbocycles. The van der Waals surface area contributed by atoms with Crippen molar-refractivity contribution in [3.63, 3.8) is 0 Å². The van der Waals surface area contributed by atoms with Gasteiger partial charge in [-0.2, -0.15) is 0 Å². The zero-order chi connectivity index (χ0) is 24.6. The van der Waals surface area contributed by atoms with E-state index in [0.717, 1.165) is 17.7 Å². The maximum absolute atomic E-state index is 13.1. The number of nitrogens with zero attached hydrogens (tertiary/aromatic N) is 2. The molecule has 3 heterocycles. The van der Waals surface area contributed by atoms with Crippen molar-refractivity contribution in [3.05, 3.63) is 29.3 Å². The molecule has 1 unspecified atom stereocenters. The van der Waals surface area contributed by atoms with Gasteiger partial charge in [0.1, 0.15) is 17.4 Å². The molecular weight excluding hydrogens is 442 g/mol. The van der Waals surface area contributed by atoms with E-state index in [2.05, 4.69) is 5.32 Å². The molecule has 0 bridgehead atoms. The topological polar surface area (TPSA) is 122 Å². The number of ether oxygens (including phenoxy) is 2. The standard InChI is InChI=1S/C24H29N3O7/c1-24(2,3)34-23(32)26-11-9-14(10-12-26)13-33-17-6-4-5-15-19(17)22(31)27(21(15)30)16-7-8-18(28)25-20(16)29/h4-6,14,16H,7-13H2,1-3H3,(H,25,28,29). The third-order valence-corrected chi connectivity index (χ3v) is 6.17. The Hall–Kier alpha value is -3.43. The van der Waals surface area contributed by atoms with E-state index in [1.165, 1.54) is 6.07 Å². The van der Waals surface area contributed by atoms with Crippen LogP contribution < -0.4 is 10.1 Å². The van der Waals surface area contributed by atoms with E-state index in [0.29, 0.717) is 25.4 Å². The molecule has 1 atom stereocenters. The Kier molecular flexibility index (Phi) is 6.33. The SMILES string of the molecule is CC(C)(C)OC(=O)N1CCC(COc2cccc3c2C(=O)N(C2CCC(=O)NC2=O)C3=O)CC1. The second kappa shape index (κ2) is 9.08. The fourth-order valence-electron chi connectivity index (χ4n) is 4.42. The molecule has 10 heteroatoms. The van der Waals surface area contributed by atoms with E-state index in [-0.39, 0.29) is 36.0 Å². The van der Waals surface area contributed by atoms with Gasteiger partial charge in [-0.3, -0.25) is 29.4 Å². The summed E-state index contributed by atoms with van der Waals surface area (Å²) in [4.78, 5) is 64.6. The molecule has 3 aliphatic rings. The number of fused-ring (bicyclic) bond motifs is 1. The van der Waals surface area contributed by atoms with Gasteiger partial charge in [-0.05, 0) is 58.1 Å². The number of carbonyl (C=O) groups excluding carboxylic acids is 5. The van der Waals surface area contributed by atoms with Gasteiger partial charge in [-0.15, -0.1) is 0 Å². The van der Waals surface area contributed by atoms with Crippen LogP contribution in [0.4, 0.5) is 4.79 Å². The van der Waals surface area contributed by atoms with Crippen molar-refractivity contribution in [1.29, 1.82) is 0 Å². The summed E-state index contributed by atoms with van der Waals surface area (Å²) in [6.45, 7) is 6.93. The third kappa shape index (κ3) is 4.76. The molecular formula is C24H29N3O7. The number of amides is 5. The zero-order valence-corrected chi connectivity index (χ0v) is 19.6. The minimum absolute atomic E-state index is 0.0646. The fraction of sp³-hybridized carbons (Fsp3) is 0.542. The summed E-state index contributed by atoms with van der Waals surface area (Å²) in [5.41, 5.74) is -0.216. The zero-order valence-electron chi connectivity index (χ0n) is 19.6. The smallest absolute Gasteiger partial charge is 0.410 e. The molecule has 5 amide bonds. The maximum atomic E-state index is 13.1. The molecule has 3 aliphatic heterocycles. The predicted molar refractivity (Wildman–Crippen MR) is 119 cm³/mol. The number of benzene rings is 1. The van der Waals surface area contributed by atoms with Crippen LogP contribution in [0, 0.1) is 5.92 Å². The number of nitrogens with one attached hydrogen (secondary N) is 1. The summed E-state index contributed by atoms with van der Waals surface area (Å²) in [5.74, 6) is -1.76. The summed E-state index contributed by atoms with van der Waals surface area (Å²) in [6, 6.07) is 3.79. The van der Waals surface area contributed by atoms with Crippen LogP contribution in [-0.2, 0) is 14.3 Å². The van der Waals surface area contributed by atoms with Crippen molar-refractivity contribution in [1.82, 2.24) is 15.1 Å². The minimum Gasteiger partial charge on any atom is -0.492 e. The minimum atomic E-state index is -1.02. The average Bonchev–Trinajstić information content (AvgIpc) is 3.02. The van der Waals surface area contributed by atoms with Gasteiger partial charge in [0.05, 0.1) is 17.7 Å². The van der Waals surface area contributed by atoms with Crippen molar-refractivity contribution in [2.45, 2.75) is 58.1 Å². The Labute approximate surface area is 197 Å². The van der Waals surface area contributed by atoms with Gasteiger partial charge in [0, 0.05) is 19.5 Å². The summed E-state index contributed by atoms with van der Waals surface area (Å²) >= 11 is 0. The quantitative estimate of drug-likeness (QED) is 0.668. The van der Waals surface area contributed by atoms with Gasteiger partial charge in [0.15, 0.2) is 0 Å². The lowest BCUT2D eigenvalue weighted by Crippen LogP contribution is -2.54. The van der Waals surface area contributed by atoms with Gasteiger partial charge in [-0.25, -0.2) is 4.79 Å². The van der Waals surface area contributed by atoms with Crippen molar-refractivity contribution in [3.8, 4) is 5.75 Å². The van der Waals surface area contributed by atoms with E-state index in [9.17, 15) is 24.0 Å². The highest BCUT2D eigenvalue weighted by Gasteiger charge is 2.46. The molecule has 1 aromatic carbocycles. The van der Waals surface area contributed by atoms with Crippen molar-refractivity contribution in [2.75, 3.05) is 19.7 Å². The summed E-state index contributed by atoms with van der Waals surface area (Å²) in [7, 11) is 0. The monoisotopic (exact) mass is 471 g/mol. The van der Waals surface area contributed by atoms with E-state index >= 15 is 0 Å². The molecule has 0 radical (unpaired) electrons. The number of rotatable bonds is 4. The van der Waals surface area contributed by atoms with E-state index < -0.39 is 35.3 Å². The molecule has 34 heavy (non-hydrogen) atoms. The average molecular weight is 472 g/mol. The number of hydrogen-bond acceptors (Lipinski definition) is 7. The predicted octanol–water partition coefficient (Wildman–Crippen LogP) is 2.11. The van der Waals surface area contributed by atoms with Crippen LogP contribution in [-0.4, -0.2) is 70.9 Å². The Morgan fingerprint density at radius 3 is 2.41 bits per heavy atom. The summed E-state index contributed by atoms with van der Waals surface area (Å²) in [6.07, 6.45) is 1.29. The Morgan fingerprint density at radius 2 is 1.76 bits per heavy atom. The van der Waals surface area contributed by atoms with Gasteiger partial charge < -0.3 is 14.4 Å². The second-order valence-electron chi connectivity index (χ2n) is 9.85. The summed E-state index contributed by atoms with van der Waals surface area (Å²) < 4.78 is 11.4. The van der Waals surface area contributed by atoms with Crippen LogP contribution >= 0.6 is 0 Å². The third-order valence-electron chi connectivity index (χ3n) is 6.17. The van der Waals surface area contributed by atoms with E-state index in [1.54, 1.807) is 17.0 Å². The lowest BCUT2D eigenvalue weighted by atomic mass is 9.98.